The number of esters is 1. The van der Waals surface area contributed by atoms with Crippen molar-refractivity contribution in [1.29, 1.82) is 0 Å². The summed E-state index contributed by atoms with van der Waals surface area (Å²) in [7, 11) is 0. The molecule has 136 valence electrons. The molecule has 1 aromatic heterocycles. The Bertz CT molecular complexity index is 805. The van der Waals surface area contributed by atoms with Crippen molar-refractivity contribution in [3.05, 3.63) is 28.6 Å². The van der Waals surface area contributed by atoms with E-state index in [-0.39, 0.29) is 18.4 Å². The van der Waals surface area contributed by atoms with Crippen LogP contribution in [-0.4, -0.2) is 23.1 Å². The molecule has 0 aliphatic rings. The fourth-order valence-corrected chi connectivity index (χ4v) is 3.71. The number of thiazole rings is 1. The van der Waals surface area contributed by atoms with Crippen molar-refractivity contribution < 1.29 is 14.3 Å². The van der Waals surface area contributed by atoms with E-state index in [1.54, 1.807) is 11.5 Å². The Kier molecular flexibility index (Phi) is 7.37. The average Bonchev–Trinajstić information content (AvgIpc) is 2.90. The molecule has 0 aliphatic heterocycles. The first-order valence-corrected chi connectivity index (χ1v) is 9.76. The van der Waals surface area contributed by atoms with Gasteiger partial charge >= 0.3 is 5.97 Å². The summed E-state index contributed by atoms with van der Waals surface area (Å²) in [5.41, 5.74) is 2.19. The SMILES string of the molecule is CCCCc1ccc2c(c1)sc(=NC(=O)CCC)n2CC(=O)OCC. The number of carbonyl (C=O) groups excluding carboxylic acids is 2. The van der Waals surface area contributed by atoms with Gasteiger partial charge in [0, 0.05) is 6.42 Å². The van der Waals surface area contributed by atoms with Crippen LogP contribution in [0.4, 0.5) is 0 Å². The molecule has 0 N–H and O–H groups in total. The summed E-state index contributed by atoms with van der Waals surface area (Å²) < 4.78 is 7.90. The Morgan fingerprint density at radius 2 is 2.00 bits per heavy atom. The Hall–Kier alpha value is -1.95. The summed E-state index contributed by atoms with van der Waals surface area (Å²) in [6, 6.07) is 6.24. The minimum atomic E-state index is -0.318. The van der Waals surface area contributed by atoms with Crippen LogP contribution in [-0.2, 0) is 27.3 Å². The van der Waals surface area contributed by atoms with Crippen LogP contribution in [0.3, 0.4) is 0 Å². The third-order valence-corrected chi connectivity index (χ3v) is 4.88. The molecule has 1 heterocycles. The summed E-state index contributed by atoms with van der Waals surface area (Å²) >= 11 is 1.45. The third kappa shape index (κ3) is 5.26. The number of rotatable bonds is 8. The molecule has 1 aromatic carbocycles. The van der Waals surface area contributed by atoms with Gasteiger partial charge in [0.05, 0.1) is 16.8 Å². The van der Waals surface area contributed by atoms with E-state index in [9.17, 15) is 9.59 Å². The van der Waals surface area contributed by atoms with E-state index >= 15 is 0 Å². The first-order valence-electron chi connectivity index (χ1n) is 8.94. The van der Waals surface area contributed by atoms with Crippen LogP contribution in [0.15, 0.2) is 23.2 Å². The van der Waals surface area contributed by atoms with Crippen LogP contribution in [0.5, 0.6) is 0 Å². The molecular formula is C19H26N2O3S. The molecule has 0 atom stereocenters. The summed E-state index contributed by atoms with van der Waals surface area (Å²) in [6.45, 7) is 6.31. The fraction of sp³-hybridized carbons (Fsp3) is 0.526. The first kappa shape index (κ1) is 19.4. The normalized spacial score (nSPS) is 11.9. The highest BCUT2D eigenvalue weighted by molar-refractivity contribution is 7.16. The van der Waals surface area contributed by atoms with E-state index in [0.717, 1.165) is 35.9 Å². The number of amides is 1. The van der Waals surface area contributed by atoms with Gasteiger partial charge in [-0.3, -0.25) is 9.59 Å². The second kappa shape index (κ2) is 9.51. The van der Waals surface area contributed by atoms with Gasteiger partial charge in [0.15, 0.2) is 4.80 Å². The predicted octanol–water partition coefficient (Wildman–Crippen LogP) is 3.84. The number of carbonyl (C=O) groups is 2. The number of aryl methyl sites for hydroxylation is 1. The smallest absolute Gasteiger partial charge is 0.326 e. The molecule has 0 fully saturated rings. The Morgan fingerprint density at radius 3 is 2.68 bits per heavy atom. The van der Waals surface area contributed by atoms with Crippen molar-refractivity contribution in [2.45, 2.75) is 59.4 Å². The molecule has 2 aromatic rings. The highest BCUT2D eigenvalue weighted by Crippen LogP contribution is 2.20. The minimum absolute atomic E-state index is 0.0698. The number of aromatic nitrogens is 1. The van der Waals surface area contributed by atoms with E-state index in [4.69, 9.17) is 4.74 Å². The van der Waals surface area contributed by atoms with Crippen LogP contribution in [0.25, 0.3) is 10.2 Å². The minimum Gasteiger partial charge on any atom is -0.465 e. The van der Waals surface area contributed by atoms with E-state index in [1.807, 2.05) is 13.0 Å². The monoisotopic (exact) mass is 362 g/mol. The lowest BCUT2D eigenvalue weighted by Gasteiger charge is -2.06. The lowest BCUT2D eigenvalue weighted by Crippen LogP contribution is -2.23. The van der Waals surface area contributed by atoms with Crippen LogP contribution >= 0.6 is 11.3 Å². The topological polar surface area (TPSA) is 60.7 Å². The lowest BCUT2D eigenvalue weighted by atomic mass is 10.1. The molecule has 2 rings (SSSR count). The number of fused-ring (bicyclic) bond motifs is 1. The third-order valence-electron chi connectivity index (χ3n) is 3.84. The van der Waals surface area contributed by atoms with Crippen LogP contribution in [0.2, 0.25) is 0 Å². The largest absolute Gasteiger partial charge is 0.465 e. The number of hydrogen-bond acceptors (Lipinski definition) is 4. The fourth-order valence-electron chi connectivity index (χ4n) is 2.60. The zero-order valence-corrected chi connectivity index (χ0v) is 16.0. The van der Waals surface area contributed by atoms with Crippen molar-refractivity contribution in [3.8, 4) is 0 Å². The van der Waals surface area contributed by atoms with Crippen LogP contribution in [0, 0.1) is 0 Å². The Labute approximate surface area is 152 Å². The summed E-state index contributed by atoms with van der Waals surface area (Å²) in [4.78, 5) is 28.7. The Morgan fingerprint density at radius 1 is 1.20 bits per heavy atom. The molecule has 6 heteroatoms. The number of benzene rings is 1. The molecule has 5 nitrogen and oxygen atoms in total. The van der Waals surface area contributed by atoms with Crippen molar-refractivity contribution in [3.63, 3.8) is 0 Å². The molecule has 0 aliphatic carbocycles. The average molecular weight is 362 g/mol. The maximum atomic E-state index is 12.0. The number of hydrogen-bond donors (Lipinski definition) is 0. The molecule has 0 radical (unpaired) electrons. The zero-order chi connectivity index (χ0) is 18.2. The first-order chi connectivity index (χ1) is 12.1. The van der Waals surface area contributed by atoms with Gasteiger partial charge in [-0.1, -0.05) is 37.7 Å². The Balaban J connectivity index is 2.47. The van der Waals surface area contributed by atoms with Crippen molar-refractivity contribution in [1.82, 2.24) is 4.57 Å². The highest BCUT2D eigenvalue weighted by Gasteiger charge is 2.12. The number of unbranched alkanes of at least 4 members (excludes halogenated alkanes) is 1. The van der Waals surface area contributed by atoms with Gasteiger partial charge in [0.1, 0.15) is 6.54 Å². The van der Waals surface area contributed by atoms with E-state index in [0.29, 0.717) is 17.8 Å². The highest BCUT2D eigenvalue weighted by atomic mass is 32.1. The van der Waals surface area contributed by atoms with Crippen LogP contribution in [0.1, 0.15) is 52.0 Å². The predicted molar refractivity (Wildman–Crippen MR) is 101 cm³/mol. The zero-order valence-electron chi connectivity index (χ0n) is 15.2. The maximum Gasteiger partial charge on any atom is 0.326 e. The molecule has 0 saturated heterocycles. The number of ether oxygens (including phenoxy) is 1. The van der Waals surface area contributed by atoms with E-state index < -0.39 is 0 Å². The number of nitrogens with zero attached hydrogens (tertiary/aromatic N) is 2. The van der Waals surface area contributed by atoms with Gasteiger partial charge in [-0.2, -0.15) is 4.99 Å². The lowest BCUT2D eigenvalue weighted by molar-refractivity contribution is -0.143. The summed E-state index contributed by atoms with van der Waals surface area (Å²) in [5, 5.41) is 0. The second-order valence-electron chi connectivity index (χ2n) is 5.94. The van der Waals surface area contributed by atoms with Crippen molar-refractivity contribution in [2.24, 2.45) is 4.99 Å². The second-order valence-corrected chi connectivity index (χ2v) is 6.95. The van der Waals surface area contributed by atoms with Gasteiger partial charge in [-0.05, 0) is 43.9 Å². The van der Waals surface area contributed by atoms with Gasteiger partial charge in [-0.25, -0.2) is 0 Å². The molecular weight excluding hydrogens is 336 g/mol. The summed E-state index contributed by atoms with van der Waals surface area (Å²) in [5.74, 6) is -0.473. The van der Waals surface area contributed by atoms with Crippen molar-refractivity contribution in [2.75, 3.05) is 6.61 Å². The molecule has 0 unspecified atom stereocenters. The molecule has 0 saturated carbocycles. The maximum absolute atomic E-state index is 12.0. The van der Waals surface area contributed by atoms with E-state index in [2.05, 4.69) is 24.0 Å². The van der Waals surface area contributed by atoms with Gasteiger partial charge < -0.3 is 9.30 Å². The van der Waals surface area contributed by atoms with Gasteiger partial charge in [0.2, 0.25) is 5.91 Å². The molecule has 1 amide bonds. The van der Waals surface area contributed by atoms with E-state index in [1.165, 1.54) is 16.9 Å². The molecule has 25 heavy (non-hydrogen) atoms. The van der Waals surface area contributed by atoms with Crippen molar-refractivity contribution >= 4 is 33.4 Å². The molecule has 0 bridgehead atoms. The quantitative estimate of drug-likeness (QED) is 0.671. The van der Waals surface area contributed by atoms with Gasteiger partial charge in [-0.15, -0.1) is 0 Å². The summed E-state index contributed by atoms with van der Waals surface area (Å²) in [6.07, 6.45) is 4.49. The van der Waals surface area contributed by atoms with Crippen LogP contribution < -0.4 is 4.80 Å². The van der Waals surface area contributed by atoms with Gasteiger partial charge in [0.25, 0.3) is 0 Å². The standard InChI is InChI=1S/C19H26N2O3S/c1-4-7-9-14-10-11-15-16(12-14)25-19(20-17(22)8-5-2)21(15)13-18(23)24-6-3/h10-12H,4-9,13H2,1-3H3. The molecule has 0 spiro atoms.